The third-order valence-electron chi connectivity index (χ3n) is 11.3. The number of aliphatic hydroxyl groups is 1. The topological polar surface area (TPSA) is 348 Å². The highest BCUT2D eigenvalue weighted by Crippen LogP contribution is 2.38. The molecule has 0 unspecified atom stereocenters. The van der Waals surface area contributed by atoms with Gasteiger partial charge in [0.05, 0.1) is 44.3 Å². The van der Waals surface area contributed by atoms with Crippen molar-refractivity contribution in [2.24, 2.45) is 16.8 Å². The molecule has 388 valence electrons. The molecule has 0 radical (unpaired) electrons. The molecule has 0 aliphatic carbocycles. The number of hydrogen-bond donors (Lipinski definition) is 8. The van der Waals surface area contributed by atoms with Crippen molar-refractivity contribution in [3.05, 3.63) is 58.7 Å². The lowest BCUT2D eigenvalue weighted by Gasteiger charge is -2.28. The van der Waals surface area contributed by atoms with Gasteiger partial charge in [-0.25, -0.2) is 9.55 Å². The van der Waals surface area contributed by atoms with Gasteiger partial charge in [0.1, 0.15) is 42.5 Å². The fraction of sp³-hybridized carbons (Fsp3) is 0.556. The van der Waals surface area contributed by atoms with Crippen molar-refractivity contribution >= 4 is 65.4 Å². The minimum atomic E-state index is -5.14. The van der Waals surface area contributed by atoms with Crippen LogP contribution in [0.4, 0.5) is 0 Å². The molecule has 6 atom stereocenters. The summed E-state index contributed by atoms with van der Waals surface area (Å²) >= 11 is 3.49. The standard InChI is InChI=1S/C45H64BrN12O12P/c1-28(2)20-35(52-45(65)38-14-10-18-58(38)30(4)60)42(62)51-36(43(63)53-37(26-59)44(64)54-39(41(48)61)29(3)70-71(66,67)68)22-34-24-49-27-56(34)16-7-5-6-8-19-69-50-23-32-25-57(17-11-15-47)55-40(32)31-12-9-13-33(46)21-31/h9,12-13,21,23-25,27-29,35-39,59H,5-8,10-11,14,16-20,22,26H2,1-4H3,(H2,48,61)(H,51,62)(H,52,65)(H,53,63)(H,54,64)(H2,66,67,68)/b50-23+/t29-,35+,36+,37+,38+,39+/m1/s1. The number of phosphoric acid groups is 1. The monoisotopic (exact) mass is 1070 g/mol. The number of nitriles is 1. The number of primary amides is 1. The SMILES string of the molecule is CC(=O)N1CCC[C@H]1C(=O)N[C@@H](CC(C)C)C(=O)N[C@@H](Cc1cncn1CCCCCCO/N=C/c1cn(CCC#N)nc1-c1cccc(Br)c1)C(=O)N[C@@H](CO)C(=O)N[C@H](C(N)=O)[C@@H](C)OP(=O)(O)O. The molecule has 1 saturated heterocycles. The van der Waals surface area contributed by atoms with E-state index in [1.54, 1.807) is 21.8 Å². The highest BCUT2D eigenvalue weighted by Gasteiger charge is 2.37. The van der Waals surface area contributed by atoms with Crippen molar-refractivity contribution in [2.75, 3.05) is 19.8 Å². The zero-order valence-corrected chi connectivity index (χ0v) is 42.6. The first-order valence-corrected chi connectivity index (χ1v) is 25.5. The number of benzene rings is 1. The number of carbonyl (C=O) groups excluding carboxylic acids is 6. The van der Waals surface area contributed by atoms with E-state index in [1.165, 1.54) is 18.0 Å². The lowest BCUT2D eigenvalue weighted by molar-refractivity contribution is -0.139. The van der Waals surface area contributed by atoms with Crippen molar-refractivity contribution in [3.8, 4) is 17.3 Å². The maximum absolute atomic E-state index is 14.1. The van der Waals surface area contributed by atoms with Crippen LogP contribution in [0.15, 0.2) is 52.6 Å². The number of likely N-dealkylation sites (tertiary alicyclic amines) is 1. The first-order valence-electron chi connectivity index (χ1n) is 23.2. The molecule has 1 aliphatic rings. The molecule has 0 bridgehead atoms. The number of aliphatic hydroxyl groups excluding tert-OH is 1. The zero-order chi connectivity index (χ0) is 52.3. The third-order valence-corrected chi connectivity index (χ3v) is 12.4. The second kappa shape index (κ2) is 28.1. The van der Waals surface area contributed by atoms with Gasteiger partial charge in [-0.05, 0) is 63.5 Å². The van der Waals surface area contributed by atoms with Gasteiger partial charge in [-0.15, -0.1) is 0 Å². The van der Waals surface area contributed by atoms with Crippen LogP contribution in [0, 0.1) is 17.2 Å². The summed E-state index contributed by atoms with van der Waals surface area (Å²) < 4.78 is 20.3. The highest BCUT2D eigenvalue weighted by atomic mass is 79.9. The summed E-state index contributed by atoms with van der Waals surface area (Å²) in [4.78, 5) is 109. The summed E-state index contributed by atoms with van der Waals surface area (Å²) in [6, 6.07) is 2.88. The molecule has 24 nitrogen and oxygen atoms in total. The number of carbonyl (C=O) groups is 6. The summed E-state index contributed by atoms with van der Waals surface area (Å²) in [6.45, 7) is 6.72. The van der Waals surface area contributed by atoms with Crippen LogP contribution in [-0.2, 0) is 62.2 Å². The fourth-order valence-corrected chi connectivity index (χ4v) is 8.79. The molecule has 4 rings (SSSR count). The fourth-order valence-electron chi connectivity index (χ4n) is 7.83. The van der Waals surface area contributed by atoms with Gasteiger partial charge in [-0.2, -0.15) is 10.4 Å². The Kier molecular flexibility index (Phi) is 22.8. The highest BCUT2D eigenvalue weighted by molar-refractivity contribution is 9.10. The van der Waals surface area contributed by atoms with Crippen molar-refractivity contribution < 1.29 is 57.6 Å². The van der Waals surface area contributed by atoms with E-state index in [-0.39, 0.29) is 24.7 Å². The van der Waals surface area contributed by atoms with Crippen LogP contribution in [0.3, 0.4) is 0 Å². The van der Waals surface area contributed by atoms with Crippen LogP contribution >= 0.6 is 23.8 Å². The Bertz CT molecular complexity index is 2420. The predicted octanol–water partition coefficient (Wildman–Crippen LogP) is 1.55. The molecule has 2 aromatic heterocycles. The number of halogens is 1. The Labute approximate surface area is 419 Å². The Morgan fingerprint density at radius 1 is 1.01 bits per heavy atom. The molecule has 9 N–H and O–H groups in total. The average molecular weight is 1080 g/mol. The molecule has 1 aliphatic heterocycles. The van der Waals surface area contributed by atoms with Crippen LogP contribution in [0.1, 0.15) is 90.3 Å². The molecule has 3 aromatic rings. The van der Waals surface area contributed by atoms with Gasteiger partial charge in [-0.3, -0.25) is 38.0 Å². The minimum Gasteiger partial charge on any atom is -0.396 e. The van der Waals surface area contributed by atoms with Crippen molar-refractivity contribution in [2.45, 2.75) is 135 Å². The second-order valence-corrected chi connectivity index (χ2v) is 19.5. The van der Waals surface area contributed by atoms with Gasteiger partial charge in [0, 0.05) is 60.1 Å². The van der Waals surface area contributed by atoms with E-state index in [9.17, 15) is 48.2 Å². The van der Waals surface area contributed by atoms with Crippen LogP contribution in [0.5, 0.6) is 0 Å². The van der Waals surface area contributed by atoms with E-state index in [0.717, 1.165) is 35.4 Å². The maximum atomic E-state index is 14.1. The number of nitrogens with two attached hydrogens (primary N) is 1. The molecule has 1 fully saturated rings. The second-order valence-electron chi connectivity index (χ2n) is 17.4. The van der Waals surface area contributed by atoms with E-state index in [4.69, 9.17) is 15.8 Å². The number of oxime groups is 1. The number of phosphoric ester groups is 1. The zero-order valence-electron chi connectivity index (χ0n) is 40.1. The number of amides is 6. The van der Waals surface area contributed by atoms with E-state index in [1.807, 2.05) is 44.3 Å². The Balaban J connectivity index is 1.43. The van der Waals surface area contributed by atoms with Crippen LogP contribution in [0.2, 0.25) is 0 Å². The Morgan fingerprint density at radius 2 is 1.72 bits per heavy atom. The summed E-state index contributed by atoms with van der Waals surface area (Å²) in [5.41, 5.74) is 8.18. The lowest BCUT2D eigenvalue weighted by Crippen LogP contribution is -2.61. The Hall–Kier alpha value is -6.03. The number of imidazole rings is 1. The molecule has 71 heavy (non-hydrogen) atoms. The lowest BCUT2D eigenvalue weighted by atomic mass is 10.0. The van der Waals surface area contributed by atoms with Crippen LogP contribution in [-0.4, -0.2) is 137 Å². The minimum absolute atomic E-state index is 0.113. The number of nitrogens with zero attached hydrogens (tertiary/aromatic N) is 7. The molecular weight excluding hydrogens is 1010 g/mol. The maximum Gasteiger partial charge on any atom is 0.469 e. The van der Waals surface area contributed by atoms with E-state index in [0.29, 0.717) is 69.7 Å². The first-order chi connectivity index (χ1) is 33.7. The Morgan fingerprint density at radius 3 is 2.38 bits per heavy atom. The normalized spacial score (nSPS) is 15.9. The van der Waals surface area contributed by atoms with E-state index >= 15 is 0 Å². The first kappa shape index (κ1) is 57.5. The van der Waals surface area contributed by atoms with Crippen molar-refractivity contribution in [1.29, 1.82) is 5.26 Å². The molecule has 26 heteroatoms. The van der Waals surface area contributed by atoms with Gasteiger partial charge < -0.3 is 56.2 Å². The molecule has 1 aromatic carbocycles. The molecule has 0 spiro atoms. The van der Waals surface area contributed by atoms with Crippen LogP contribution < -0.4 is 27.0 Å². The van der Waals surface area contributed by atoms with E-state index < -0.39 is 80.3 Å². The van der Waals surface area contributed by atoms with Gasteiger partial charge in [-0.1, -0.05) is 53.5 Å². The van der Waals surface area contributed by atoms with Gasteiger partial charge in [0.25, 0.3) is 0 Å². The number of aryl methyl sites for hydroxylation is 2. The molecular formula is C45H64BrN12O12P. The predicted molar refractivity (Wildman–Crippen MR) is 260 cm³/mol. The smallest absolute Gasteiger partial charge is 0.396 e. The summed E-state index contributed by atoms with van der Waals surface area (Å²) in [5, 5.41) is 38.0. The summed E-state index contributed by atoms with van der Waals surface area (Å²) in [5.74, 6) is -5.02. The summed E-state index contributed by atoms with van der Waals surface area (Å²) in [7, 11) is -5.14. The largest absolute Gasteiger partial charge is 0.469 e. The van der Waals surface area contributed by atoms with Gasteiger partial charge in [0.2, 0.25) is 35.4 Å². The van der Waals surface area contributed by atoms with E-state index in [2.05, 4.69) is 63.0 Å². The molecule has 6 amide bonds. The van der Waals surface area contributed by atoms with Gasteiger partial charge >= 0.3 is 7.82 Å². The number of nitrogens with one attached hydrogen (secondary N) is 4. The number of hydrogen-bond acceptors (Lipinski definition) is 14. The number of rotatable bonds is 29. The summed E-state index contributed by atoms with van der Waals surface area (Å²) in [6.07, 6.45) is 9.08. The number of unbranched alkanes of at least 4 members (excludes halogenated alkanes) is 3. The van der Waals surface area contributed by atoms with Crippen molar-refractivity contribution in [1.82, 2.24) is 45.5 Å². The molecule has 3 heterocycles. The van der Waals surface area contributed by atoms with Gasteiger partial charge in [0.15, 0.2) is 0 Å². The van der Waals surface area contributed by atoms with Crippen molar-refractivity contribution in [3.63, 3.8) is 0 Å². The van der Waals surface area contributed by atoms with Crippen LogP contribution in [0.25, 0.3) is 11.3 Å². The third kappa shape index (κ3) is 18.6. The number of aromatic nitrogens is 4. The average Bonchev–Trinajstić information content (AvgIpc) is 4.08. The molecule has 0 saturated carbocycles. The quantitative estimate of drug-likeness (QED) is 0.0212.